The molecule has 2 aromatic heterocycles. The number of amides is 1. The molecular formula is C26H25N3O3. The minimum absolute atomic E-state index is 0.157. The first kappa shape index (κ1) is 21.3. The van der Waals surface area contributed by atoms with Gasteiger partial charge in [0.05, 0.1) is 6.26 Å². The summed E-state index contributed by atoms with van der Waals surface area (Å²) in [5.74, 6) is 0.389. The Bertz CT molecular complexity index is 1200. The van der Waals surface area contributed by atoms with Gasteiger partial charge in [-0.3, -0.25) is 9.59 Å². The molecule has 0 fully saturated rings. The van der Waals surface area contributed by atoms with Crippen LogP contribution in [0, 0.1) is 0 Å². The fourth-order valence-corrected chi connectivity index (χ4v) is 3.61. The number of aromatic nitrogens is 2. The molecule has 1 atom stereocenters. The van der Waals surface area contributed by atoms with Gasteiger partial charge in [-0.1, -0.05) is 60.7 Å². The van der Waals surface area contributed by atoms with Crippen LogP contribution in [0.15, 0.2) is 100 Å². The summed E-state index contributed by atoms with van der Waals surface area (Å²) in [4.78, 5) is 27.9. The highest BCUT2D eigenvalue weighted by Crippen LogP contribution is 2.18. The van der Waals surface area contributed by atoms with Crippen molar-refractivity contribution in [2.75, 3.05) is 6.54 Å². The van der Waals surface area contributed by atoms with Crippen molar-refractivity contribution in [3.8, 4) is 11.5 Å². The number of hydrogen-bond donors (Lipinski definition) is 0. The highest BCUT2D eigenvalue weighted by Gasteiger charge is 2.24. The topological polar surface area (TPSA) is 68.3 Å². The van der Waals surface area contributed by atoms with Gasteiger partial charge in [0.2, 0.25) is 5.91 Å². The van der Waals surface area contributed by atoms with E-state index in [1.807, 2.05) is 60.7 Å². The molecule has 0 saturated carbocycles. The number of hydrogen-bond acceptors (Lipinski definition) is 4. The number of carbonyl (C=O) groups is 1. The monoisotopic (exact) mass is 427 g/mol. The van der Waals surface area contributed by atoms with Gasteiger partial charge in [0.15, 0.2) is 5.76 Å². The summed E-state index contributed by atoms with van der Waals surface area (Å²) >= 11 is 0. The van der Waals surface area contributed by atoms with E-state index < -0.39 is 6.04 Å². The summed E-state index contributed by atoms with van der Waals surface area (Å²) in [7, 11) is 0. The molecule has 1 amide bonds. The van der Waals surface area contributed by atoms with Crippen LogP contribution >= 0.6 is 0 Å². The molecule has 4 rings (SSSR count). The van der Waals surface area contributed by atoms with Crippen molar-refractivity contribution in [3.05, 3.63) is 113 Å². The highest BCUT2D eigenvalue weighted by molar-refractivity contribution is 5.80. The average Bonchev–Trinajstić information content (AvgIpc) is 3.37. The Balaban J connectivity index is 1.59. The SMILES string of the molecule is CC(C(=O)N(CCc1ccccc1)Cc1ccccc1)n1nc(-c2ccco2)ccc1=O. The Kier molecular flexibility index (Phi) is 6.60. The molecule has 1 unspecified atom stereocenters. The van der Waals surface area contributed by atoms with Crippen molar-refractivity contribution < 1.29 is 9.21 Å². The van der Waals surface area contributed by atoms with Crippen LogP contribution < -0.4 is 5.56 Å². The Morgan fingerprint density at radius 1 is 0.938 bits per heavy atom. The van der Waals surface area contributed by atoms with E-state index >= 15 is 0 Å². The number of nitrogens with zero attached hydrogens (tertiary/aromatic N) is 3. The van der Waals surface area contributed by atoms with Crippen molar-refractivity contribution >= 4 is 5.91 Å². The lowest BCUT2D eigenvalue weighted by Gasteiger charge is -2.26. The molecule has 162 valence electrons. The van der Waals surface area contributed by atoms with Crippen LogP contribution in [-0.4, -0.2) is 27.1 Å². The molecule has 2 aromatic carbocycles. The van der Waals surface area contributed by atoms with E-state index in [0.717, 1.165) is 17.5 Å². The van der Waals surface area contributed by atoms with Gasteiger partial charge in [-0.25, -0.2) is 4.68 Å². The van der Waals surface area contributed by atoms with Crippen molar-refractivity contribution in [2.45, 2.75) is 25.9 Å². The van der Waals surface area contributed by atoms with Crippen LogP contribution in [0.3, 0.4) is 0 Å². The molecule has 0 spiro atoms. The van der Waals surface area contributed by atoms with E-state index in [0.29, 0.717) is 24.5 Å². The highest BCUT2D eigenvalue weighted by atomic mass is 16.3. The summed E-state index contributed by atoms with van der Waals surface area (Å²) in [6.07, 6.45) is 2.27. The largest absolute Gasteiger partial charge is 0.463 e. The molecule has 0 aliphatic carbocycles. The predicted octanol–water partition coefficient (Wildman–Crippen LogP) is 4.34. The smallest absolute Gasteiger partial charge is 0.267 e. The van der Waals surface area contributed by atoms with Gasteiger partial charge in [0.1, 0.15) is 11.7 Å². The Morgan fingerprint density at radius 2 is 1.62 bits per heavy atom. The molecule has 32 heavy (non-hydrogen) atoms. The minimum Gasteiger partial charge on any atom is -0.463 e. The molecule has 4 aromatic rings. The van der Waals surface area contributed by atoms with E-state index in [4.69, 9.17) is 4.42 Å². The summed E-state index contributed by atoms with van der Waals surface area (Å²) < 4.78 is 6.63. The second kappa shape index (κ2) is 9.92. The molecule has 6 nitrogen and oxygen atoms in total. The first-order valence-electron chi connectivity index (χ1n) is 10.6. The molecule has 0 aliphatic rings. The number of benzene rings is 2. The fraction of sp³-hybridized carbons (Fsp3) is 0.192. The maximum Gasteiger partial charge on any atom is 0.267 e. The van der Waals surface area contributed by atoms with Crippen LogP contribution in [0.25, 0.3) is 11.5 Å². The van der Waals surface area contributed by atoms with Crippen LogP contribution in [0.1, 0.15) is 24.1 Å². The average molecular weight is 428 g/mol. The van der Waals surface area contributed by atoms with Crippen molar-refractivity contribution in [1.82, 2.24) is 14.7 Å². The molecule has 0 bridgehead atoms. The first-order valence-corrected chi connectivity index (χ1v) is 10.6. The Morgan fingerprint density at radius 3 is 2.28 bits per heavy atom. The van der Waals surface area contributed by atoms with Crippen molar-refractivity contribution in [1.29, 1.82) is 0 Å². The molecule has 0 saturated heterocycles. The second-order valence-electron chi connectivity index (χ2n) is 7.64. The quantitative estimate of drug-likeness (QED) is 0.420. The summed E-state index contributed by atoms with van der Waals surface area (Å²) in [5.41, 5.74) is 2.36. The maximum absolute atomic E-state index is 13.5. The molecule has 0 N–H and O–H groups in total. The third-order valence-corrected chi connectivity index (χ3v) is 5.36. The lowest BCUT2D eigenvalue weighted by atomic mass is 10.1. The van der Waals surface area contributed by atoms with E-state index in [1.165, 1.54) is 10.7 Å². The van der Waals surface area contributed by atoms with Gasteiger partial charge >= 0.3 is 0 Å². The summed E-state index contributed by atoms with van der Waals surface area (Å²) in [6.45, 7) is 2.71. The van der Waals surface area contributed by atoms with E-state index in [-0.39, 0.29) is 11.5 Å². The molecular weight excluding hydrogens is 402 g/mol. The Hall–Kier alpha value is -3.93. The van der Waals surface area contributed by atoms with Gasteiger partial charge < -0.3 is 9.32 Å². The molecule has 2 heterocycles. The fourth-order valence-electron chi connectivity index (χ4n) is 3.61. The van der Waals surface area contributed by atoms with Gasteiger partial charge in [-0.05, 0) is 42.7 Å². The lowest BCUT2D eigenvalue weighted by molar-refractivity contribution is -0.135. The minimum atomic E-state index is -0.753. The molecule has 6 heteroatoms. The standard InChI is InChI=1S/C26H25N3O3/c1-20(29-25(30)15-14-23(27-29)24-13-8-18-32-24)26(31)28(19-22-11-6-3-7-12-22)17-16-21-9-4-2-5-10-21/h2-15,18,20H,16-17,19H2,1H3. The maximum atomic E-state index is 13.5. The van der Waals surface area contributed by atoms with E-state index in [2.05, 4.69) is 5.10 Å². The van der Waals surface area contributed by atoms with Gasteiger partial charge in [-0.2, -0.15) is 5.10 Å². The van der Waals surface area contributed by atoms with E-state index in [1.54, 1.807) is 36.3 Å². The van der Waals surface area contributed by atoms with Crippen LogP contribution in [0.5, 0.6) is 0 Å². The van der Waals surface area contributed by atoms with E-state index in [9.17, 15) is 9.59 Å². The zero-order valence-electron chi connectivity index (χ0n) is 17.9. The van der Waals surface area contributed by atoms with Crippen molar-refractivity contribution in [2.24, 2.45) is 0 Å². The van der Waals surface area contributed by atoms with Gasteiger partial charge in [0.25, 0.3) is 5.56 Å². The lowest BCUT2D eigenvalue weighted by Crippen LogP contribution is -2.40. The van der Waals surface area contributed by atoms with Gasteiger partial charge in [-0.15, -0.1) is 0 Å². The summed E-state index contributed by atoms with van der Waals surface area (Å²) in [5, 5.41) is 4.41. The molecule has 0 aliphatic heterocycles. The first-order chi connectivity index (χ1) is 15.6. The molecule has 0 radical (unpaired) electrons. The number of rotatable bonds is 8. The van der Waals surface area contributed by atoms with Gasteiger partial charge in [0, 0.05) is 19.2 Å². The van der Waals surface area contributed by atoms with Crippen LogP contribution in [0.2, 0.25) is 0 Å². The summed E-state index contributed by atoms with van der Waals surface area (Å²) in [6, 6.07) is 25.7. The normalized spacial score (nSPS) is 11.8. The number of furan rings is 1. The zero-order valence-corrected chi connectivity index (χ0v) is 17.9. The Labute approximate surface area is 186 Å². The third kappa shape index (κ3) is 5.03. The van der Waals surface area contributed by atoms with Crippen LogP contribution in [0.4, 0.5) is 0 Å². The van der Waals surface area contributed by atoms with Crippen molar-refractivity contribution in [3.63, 3.8) is 0 Å². The third-order valence-electron chi connectivity index (χ3n) is 5.36. The van der Waals surface area contributed by atoms with Crippen LogP contribution in [-0.2, 0) is 17.8 Å². The predicted molar refractivity (Wildman–Crippen MR) is 123 cm³/mol. The second-order valence-corrected chi connectivity index (χ2v) is 7.64. The number of carbonyl (C=O) groups excluding carboxylic acids is 1. The zero-order chi connectivity index (χ0) is 22.3.